The van der Waals surface area contributed by atoms with E-state index in [0.29, 0.717) is 5.56 Å². The van der Waals surface area contributed by atoms with Gasteiger partial charge in [-0.05, 0) is 11.6 Å². The number of carbonyl (C=O) groups is 1. The van der Waals surface area contributed by atoms with Gasteiger partial charge in [-0.3, -0.25) is 4.98 Å². The number of pyridine rings is 1. The third kappa shape index (κ3) is 2.01. The highest BCUT2D eigenvalue weighted by Crippen LogP contribution is 2.13. The molecular weight excluding hydrogens is 170 g/mol. The molecule has 0 aliphatic heterocycles. The summed E-state index contributed by atoms with van der Waals surface area (Å²) in [7, 11) is 0. The van der Waals surface area contributed by atoms with Gasteiger partial charge in [0, 0.05) is 25.0 Å². The first-order valence-electron chi connectivity index (χ1n) is 3.79. The quantitative estimate of drug-likeness (QED) is 0.596. The second-order valence-electron chi connectivity index (χ2n) is 2.61. The van der Waals surface area contributed by atoms with Gasteiger partial charge in [-0.1, -0.05) is 0 Å². The van der Waals surface area contributed by atoms with Crippen LogP contribution < -0.4 is 11.5 Å². The lowest BCUT2D eigenvalue weighted by molar-refractivity contribution is 0.0694. The topological polar surface area (TPSA) is 102 Å². The van der Waals surface area contributed by atoms with Gasteiger partial charge < -0.3 is 16.6 Å². The second-order valence-corrected chi connectivity index (χ2v) is 2.61. The Morgan fingerprint density at radius 3 is 2.92 bits per heavy atom. The van der Waals surface area contributed by atoms with E-state index in [1.807, 2.05) is 0 Å². The van der Waals surface area contributed by atoms with Gasteiger partial charge in [0.2, 0.25) is 0 Å². The van der Waals surface area contributed by atoms with E-state index in [1.165, 1.54) is 12.4 Å². The van der Waals surface area contributed by atoms with Crippen molar-refractivity contribution in [2.24, 2.45) is 11.5 Å². The monoisotopic (exact) mass is 181 g/mol. The molecule has 1 aromatic heterocycles. The second kappa shape index (κ2) is 3.97. The highest BCUT2D eigenvalue weighted by molar-refractivity contribution is 5.89. The van der Waals surface area contributed by atoms with Gasteiger partial charge >= 0.3 is 5.97 Å². The van der Waals surface area contributed by atoms with E-state index in [-0.39, 0.29) is 12.1 Å². The van der Waals surface area contributed by atoms with E-state index in [1.54, 1.807) is 6.07 Å². The number of hydrogen-bond acceptors (Lipinski definition) is 4. The molecule has 0 bridgehead atoms. The van der Waals surface area contributed by atoms with Gasteiger partial charge in [0.25, 0.3) is 0 Å². The predicted molar refractivity (Wildman–Crippen MR) is 47.2 cm³/mol. The minimum atomic E-state index is -1.04. The Morgan fingerprint density at radius 1 is 1.69 bits per heavy atom. The molecule has 0 saturated carbocycles. The molecule has 0 radical (unpaired) electrons. The summed E-state index contributed by atoms with van der Waals surface area (Å²) in [6.07, 6.45) is 2.77. The maximum Gasteiger partial charge on any atom is 0.337 e. The Hall–Kier alpha value is -1.46. The zero-order valence-corrected chi connectivity index (χ0v) is 6.97. The molecule has 1 rings (SSSR count). The van der Waals surface area contributed by atoms with Crippen LogP contribution in [0.3, 0.4) is 0 Å². The fourth-order valence-electron chi connectivity index (χ4n) is 1.03. The Bertz CT molecular complexity index is 314. The van der Waals surface area contributed by atoms with Gasteiger partial charge in [0.1, 0.15) is 0 Å². The molecule has 5 N–H and O–H groups in total. The maximum absolute atomic E-state index is 10.7. The molecule has 1 heterocycles. The minimum absolute atomic E-state index is 0.112. The number of rotatable bonds is 3. The van der Waals surface area contributed by atoms with Crippen molar-refractivity contribution in [3.8, 4) is 0 Å². The molecule has 70 valence electrons. The van der Waals surface area contributed by atoms with Crippen LogP contribution in [-0.4, -0.2) is 22.6 Å². The maximum atomic E-state index is 10.7. The van der Waals surface area contributed by atoms with Crippen molar-refractivity contribution in [1.82, 2.24) is 4.98 Å². The van der Waals surface area contributed by atoms with Crippen molar-refractivity contribution in [1.29, 1.82) is 0 Å². The van der Waals surface area contributed by atoms with Crippen molar-refractivity contribution in [2.45, 2.75) is 6.04 Å². The SMILES string of the molecule is NCC(N)c1ccncc1C(=O)O. The standard InChI is InChI=1S/C8H11N3O2/c9-3-7(10)5-1-2-11-4-6(5)8(12)13/h1-2,4,7H,3,9-10H2,(H,12,13). The average molecular weight is 181 g/mol. The van der Waals surface area contributed by atoms with E-state index in [2.05, 4.69) is 4.98 Å². The van der Waals surface area contributed by atoms with Crippen molar-refractivity contribution in [3.63, 3.8) is 0 Å². The number of carboxylic acid groups (broad SMARTS) is 1. The summed E-state index contributed by atoms with van der Waals surface area (Å²) in [5, 5.41) is 8.77. The number of nitrogens with two attached hydrogens (primary N) is 2. The van der Waals surface area contributed by atoms with Gasteiger partial charge in [-0.25, -0.2) is 4.79 Å². The molecule has 1 unspecified atom stereocenters. The summed E-state index contributed by atoms with van der Waals surface area (Å²) in [6.45, 7) is 0.213. The van der Waals surface area contributed by atoms with Crippen LogP contribution in [0.5, 0.6) is 0 Å². The molecule has 5 heteroatoms. The molecule has 13 heavy (non-hydrogen) atoms. The first-order valence-corrected chi connectivity index (χ1v) is 3.79. The lowest BCUT2D eigenvalue weighted by atomic mass is 10.0. The molecule has 5 nitrogen and oxygen atoms in total. The zero-order chi connectivity index (χ0) is 9.84. The molecule has 0 saturated heterocycles. The van der Waals surface area contributed by atoms with E-state index >= 15 is 0 Å². The third-order valence-corrected chi connectivity index (χ3v) is 1.74. The van der Waals surface area contributed by atoms with E-state index < -0.39 is 12.0 Å². The number of aromatic nitrogens is 1. The van der Waals surface area contributed by atoms with E-state index in [0.717, 1.165) is 0 Å². The van der Waals surface area contributed by atoms with E-state index in [9.17, 15) is 4.79 Å². The van der Waals surface area contributed by atoms with Gasteiger partial charge in [0.05, 0.1) is 5.56 Å². The largest absolute Gasteiger partial charge is 0.478 e. The normalized spacial score (nSPS) is 12.5. The molecule has 0 aliphatic rings. The Kier molecular flexibility index (Phi) is 2.94. The third-order valence-electron chi connectivity index (χ3n) is 1.74. The van der Waals surface area contributed by atoms with E-state index in [4.69, 9.17) is 16.6 Å². The van der Waals surface area contributed by atoms with Crippen molar-refractivity contribution < 1.29 is 9.90 Å². The smallest absolute Gasteiger partial charge is 0.337 e. The van der Waals surface area contributed by atoms with Crippen LogP contribution in [0.2, 0.25) is 0 Å². The fraction of sp³-hybridized carbons (Fsp3) is 0.250. The molecule has 0 aliphatic carbocycles. The first kappa shape index (κ1) is 9.63. The zero-order valence-electron chi connectivity index (χ0n) is 6.97. The predicted octanol–water partition coefficient (Wildman–Crippen LogP) is -0.262. The summed E-state index contributed by atoms with van der Waals surface area (Å²) >= 11 is 0. The van der Waals surface area contributed by atoms with Crippen LogP contribution >= 0.6 is 0 Å². The summed E-state index contributed by atoms with van der Waals surface area (Å²) in [4.78, 5) is 14.4. The number of hydrogen-bond donors (Lipinski definition) is 3. The Morgan fingerprint density at radius 2 is 2.38 bits per heavy atom. The van der Waals surface area contributed by atoms with Crippen LogP contribution in [0.25, 0.3) is 0 Å². The Balaban J connectivity index is 3.11. The molecule has 0 fully saturated rings. The highest BCUT2D eigenvalue weighted by atomic mass is 16.4. The van der Waals surface area contributed by atoms with Gasteiger partial charge in [-0.15, -0.1) is 0 Å². The molecular formula is C8H11N3O2. The van der Waals surface area contributed by atoms with Crippen LogP contribution in [0.4, 0.5) is 0 Å². The molecule has 1 aromatic rings. The number of carboxylic acids is 1. The molecule has 1 atom stereocenters. The summed E-state index contributed by atoms with van der Waals surface area (Å²) in [5.74, 6) is -1.04. The lowest BCUT2D eigenvalue weighted by Gasteiger charge is -2.10. The van der Waals surface area contributed by atoms with Crippen LogP contribution in [0, 0.1) is 0 Å². The average Bonchev–Trinajstić information content (AvgIpc) is 2.16. The highest BCUT2D eigenvalue weighted by Gasteiger charge is 2.14. The van der Waals surface area contributed by atoms with Crippen molar-refractivity contribution in [2.75, 3.05) is 6.54 Å². The summed E-state index contributed by atoms with van der Waals surface area (Å²) in [5.41, 5.74) is 11.6. The van der Waals surface area contributed by atoms with Crippen molar-refractivity contribution in [3.05, 3.63) is 29.6 Å². The van der Waals surface area contributed by atoms with Crippen LogP contribution in [0.1, 0.15) is 22.0 Å². The first-order chi connectivity index (χ1) is 6.16. The summed E-state index contributed by atoms with van der Waals surface area (Å²) in [6, 6.07) is 1.12. The fourth-order valence-corrected chi connectivity index (χ4v) is 1.03. The minimum Gasteiger partial charge on any atom is -0.478 e. The van der Waals surface area contributed by atoms with Crippen LogP contribution in [0.15, 0.2) is 18.5 Å². The van der Waals surface area contributed by atoms with Crippen molar-refractivity contribution >= 4 is 5.97 Å². The van der Waals surface area contributed by atoms with Gasteiger partial charge in [-0.2, -0.15) is 0 Å². The van der Waals surface area contributed by atoms with Gasteiger partial charge in [0.15, 0.2) is 0 Å². The lowest BCUT2D eigenvalue weighted by Crippen LogP contribution is -2.23. The number of nitrogens with zero attached hydrogens (tertiary/aromatic N) is 1. The van der Waals surface area contributed by atoms with Crippen LogP contribution in [-0.2, 0) is 0 Å². The summed E-state index contributed by atoms with van der Waals surface area (Å²) < 4.78 is 0. The Labute approximate surface area is 75.4 Å². The molecule has 0 aromatic carbocycles. The number of aromatic carboxylic acids is 1. The molecule has 0 amide bonds. The molecule has 0 spiro atoms.